The highest BCUT2D eigenvalue weighted by Crippen LogP contribution is 2.50. The van der Waals surface area contributed by atoms with Gasteiger partial charge >= 0.3 is 5.97 Å². The molecule has 1 fully saturated rings. The lowest BCUT2D eigenvalue weighted by Gasteiger charge is -2.02. The Balaban J connectivity index is 2.36. The molecule has 0 aromatic carbocycles. The van der Waals surface area contributed by atoms with E-state index in [0.717, 1.165) is 0 Å². The van der Waals surface area contributed by atoms with Crippen LogP contribution in [0.3, 0.4) is 0 Å². The van der Waals surface area contributed by atoms with E-state index in [4.69, 9.17) is 27.9 Å². The molecule has 1 aliphatic rings. The summed E-state index contributed by atoms with van der Waals surface area (Å²) >= 11 is 11.4. The molecule has 4 heteroatoms. The molecule has 0 saturated heterocycles. The number of rotatable bonds is 3. The van der Waals surface area contributed by atoms with Gasteiger partial charge in [0.15, 0.2) is 0 Å². The lowest BCUT2D eigenvalue weighted by Crippen LogP contribution is -2.14. The third kappa shape index (κ3) is 1.79. The van der Waals surface area contributed by atoms with Crippen LogP contribution >= 0.6 is 23.2 Å². The highest BCUT2D eigenvalue weighted by Gasteiger charge is 2.57. The van der Waals surface area contributed by atoms with Gasteiger partial charge in [0.25, 0.3) is 0 Å². The van der Waals surface area contributed by atoms with E-state index in [1.54, 1.807) is 6.92 Å². The number of carbonyl (C=O) groups is 1. The van der Waals surface area contributed by atoms with Gasteiger partial charge in [-0.1, -0.05) is 0 Å². The number of esters is 1. The zero-order valence-electron chi connectivity index (χ0n) is 6.27. The van der Waals surface area contributed by atoms with Crippen LogP contribution in [0.4, 0.5) is 0 Å². The molecule has 64 valence electrons. The van der Waals surface area contributed by atoms with Crippen molar-refractivity contribution in [2.75, 3.05) is 12.5 Å². The molecule has 11 heavy (non-hydrogen) atoms. The Morgan fingerprint density at radius 1 is 1.82 bits per heavy atom. The second-order valence-corrected chi connectivity index (χ2v) is 3.70. The van der Waals surface area contributed by atoms with Gasteiger partial charge in [-0.15, -0.1) is 23.2 Å². The topological polar surface area (TPSA) is 26.3 Å². The number of hydrogen-bond acceptors (Lipinski definition) is 2. The van der Waals surface area contributed by atoms with Crippen LogP contribution in [0, 0.1) is 5.92 Å². The lowest BCUT2D eigenvalue weighted by atomic mass is 10.3. The first-order valence-corrected chi connectivity index (χ1v) is 4.47. The molecule has 0 spiro atoms. The van der Waals surface area contributed by atoms with Gasteiger partial charge in [-0.05, 0) is 13.3 Å². The normalized spacial score (nSPS) is 35.0. The summed E-state index contributed by atoms with van der Waals surface area (Å²) in [6.07, 6.45) is 0.650. The van der Waals surface area contributed by atoms with Crippen LogP contribution in [0.5, 0.6) is 0 Å². The van der Waals surface area contributed by atoms with Crippen LogP contribution < -0.4 is 0 Å². The molecule has 0 N–H and O–H groups in total. The van der Waals surface area contributed by atoms with Crippen molar-refractivity contribution in [3.05, 3.63) is 0 Å². The smallest absolute Gasteiger partial charge is 0.310 e. The molecule has 0 heterocycles. The molecular weight excluding hydrogens is 187 g/mol. The lowest BCUT2D eigenvalue weighted by molar-refractivity contribution is -0.144. The van der Waals surface area contributed by atoms with Crippen LogP contribution in [0.1, 0.15) is 13.3 Å². The minimum atomic E-state index is -0.506. The van der Waals surface area contributed by atoms with Crippen molar-refractivity contribution >= 4 is 29.2 Å². The minimum Gasteiger partial charge on any atom is -0.466 e. The monoisotopic (exact) mass is 196 g/mol. The second kappa shape index (κ2) is 3.20. The maximum Gasteiger partial charge on any atom is 0.310 e. The van der Waals surface area contributed by atoms with E-state index < -0.39 is 4.87 Å². The molecule has 0 unspecified atom stereocenters. The molecule has 1 rings (SSSR count). The minimum absolute atomic E-state index is 0.179. The van der Waals surface area contributed by atoms with Gasteiger partial charge in [0.05, 0.1) is 17.4 Å². The number of carbonyl (C=O) groups excluding carboxylic acids is 1. The van der Waals surface area contributed by atoms with Crippen molar-refractivity contribution in [3.63, 3.8) is 0 Å². The summed E-state index contributed by atoms with van der Waals surface area (Å²) in [4.78, 5) is 10.5. The summed E-state index contributed by atoms with van der Waals surface area (Å²) in [6, 6.07) is 0. The fourth-order valence-electron chi connectivity index (χ4n) is 0.965. The summed E-state index contributed by atoms with van der Waals surface area (Å²) in [5, 5.41) is 0. The Kier molecular flexibility index (Phi) is 2.66. The molecule has 1 aliphatic carbocycles. The third-order valence-corrected chi connectivity index (χ3v) is 2.97. The zero-order valence-corrected chi connectivity index (χ0v) is 7.78. The Labute approximate surface area is 75.8 Å². The summed E-state index contributed by atoms with van der Waals surface area (Å²) in [5.41, 5.74) is 0. The molecule has 0 bridgehead atoms. The van der Waals surface area contributed by atoms with E-state index in [2.05, 4.69) is 0 Å². The number of hydrogen-bond donors (Lipinski definition) is 0. The maximum atomic E-state index is 11.0. The zero-order chi connectivity index (χ0) is 8.48. The molecule has 0 aromatic rings. The first-order valence-electron chi connectivity index (χ1n) is 3.55. The molecular formula is C7H10Cl2O2. The third-order valence-electron chi connectivity index (χ3n) is 1.80. The Morgan fingerprint density at radius 2 is 2.45 bits per heavy atom. The summed E-state index contributed by atoms with van der Waals surface area (Å²) in [5.74, 6) is -0.0809. The predicted octanol–water partition coefficient (Wildman–Crippen LogP) is 1.79. The van der Waals surface area contributed by atoms with Gasteiger partial charge in [-0.3, -0.25) is 4.79 Å². The largest absolute Gasteiger partial charge is 0.466 e. The van der Waals surface area contributed by atoms with E-state index in [1.807, 2.05) is 0 Å². The van der Waals surface area contributed by atoms with Crippen LogP contribution in [0.2, 0.25) is 0 Å². The maximum absolute atomic E-state index is 11.0. The predicted molar refractivity (Wildman–Crippen MR) is 44.0 cm³/mol. The van der Waals surface area contributed by atoms with Gasteiger partial charge < -0.3 is 4.74 Å². The summed E-state index contributed by atoms with van der Waals surface area (Å²) in [7, 11) is 0. The Morgan fingerprint density at radius 3 is 2.82 bits per heavy atom. The summed E-state index contributed by atoms with van der Waals surface area (Å²) < 4.78 is 4.78. The van der Waals surface area contributed by atoms with Gasteiger partial charge in [-0.25, -0.2) is 0 Å². The highest BCUT2D eigenvalue weighted by molar-refractivity contribution is 6.34. The Bertz CT molecular complexity index is 172. The van der Waals surface area contributed by atoms with Crippen molar-refractivity contribution in [2.24, 2.45) is 5.92 Å². The van der Waals surface area contributed by atoms with Crippen molar-refractivity contribution in [1.29, 1.82) is 0 Å². The molecule has 0 aromatic heterocycles. The quantitative estimate of drug-likeness (QED) is 0.509. The highest BCUT2D eigenvalue weighted by atomic mass is 35.5. The van der Waals surface area contributed by atoms with Crippen LogP contribution in [-0.4, -0.2) is 23.3 Å². The van der Waals surface area contributed by atoms with E-state index in [1.165, 1.54) is 0 Å². The van der Waals surface area contributed by atoms with E-state index in [9.17, 15) is 4.79 Å². The molecule has 1 saturated carbocycles. The first kappa shape index (κ1) is 9.14. The molecule has 0 amide bonds. The van der Waals surface area contributed by atoms with Gasteiger partial charge in [-0.2, -0.15) is 0 Å². The number of halogens is 2. The SMILES string of the molecule is CCOC(=O)[C@@H]1C[C@]1(Cl)CCl. The van der Waals surface area contributed by atoms with Crippen molar-refractivity contribution in [1.82, 2.24) is 0 Å². The fraction of sp³-hybridized carbons (Fsp3) is 0.857. The second-order valence-electron chi connectivity index (χ2n) is 2.68. The van der Waals surface area contributed by atoms with Crippen molar-refractivity contribution in [3.8, 4) is 0 Å². The number of alkyl halides is 2. The average molecular weight is 197 g/mol. The number of ether oxygens (including phenoxy) is 1. The standard InChI is InChI=1S/C7H10Cl2O2/c1-2-11-6(10)5-3-7(5,9)4-8/h5H,2-4H2,1H3/t5-,7-/m0/s1. The average Bonchev–Trinajstić information content (AvgIpc) is 2.65. The van der Waals surface area contributed by atoms with E-state index >= 15 is 0 Å². The fourth-order valence-corrected chi connectivity index (χ4v) is 1.50. The summed E-state index contributed by atoms with van der Waals surface area (Å²) in [6.45, 7) is 2.18. The molecule has 2 atom stereocenters. The van der Waals surface area contributed by atoms with E-state index in [-0.39, 0.29) is 11.9 Å². The van der Waals surface area contributed by atoms with Crippen LogP contribution in [0.15, 0.2) is 0 Å². The van der Waals surface area contributed by atoms with Crippen molar-refractivity contribution < 1.29 is 9.53 Å². The van der Waals surface area contributed by atoms with Gasteiger partial charge in [0.1, 0.15) is 0 Å². The first-order chi connectivity index (χ1) is 5.14. The van der Waals surface area contributed by atoms with Crippen LogP contribution in [-0.2, 0) is 9.53 Å². The van der Waals surface area contributed by atoms with Gasteiger partial charge in [0, 0.05) is 5.88 Å². The van der Waals surface area contributed by atoms with Crippen molar-refractivity contribution in [2.45, 2.75) is 18.2 Å². The van der Waals surface area contributed by atoms with Crippen LogP contribution in [0.25, 0.3) is 0 Å². The molecule has 0 radical (unpaired) electrons. The van der Waals surface area contributed by atoms with E-state index in [0.29, 0.717) is 18.9 Å². The Hall–Kier alpha value is 0.0500. The van der Waals surface area contributed by atoms with Gasteiger partial charge in [0.2, 0.25) is 0 Å². The molecule has 2 nitrogen and oxygen atoms in total. The molecule has 0 aliphatic heterocycles.